The summed E-state index contributed by atoms with van der Waals surface area (Å²) in [5.74, 6) is -2.23. The Morgan fingerprint density at radius 3 is 2.27 bits per heavy atom. The molecule has 1 fully saturated rings. The molecule has 9 nitrogen and oxygen atoms in total. The quantitative estimate of drug-likeness (QED) is 0.217. The predicted octanol–water partition coefficient (Wildman–Crippen LogP) is 5.56. The lowest BCUT2D eigenvalue weighted by Gasteiger charge is -2.31. The molecule has 9 heteroatoms. The third-order valence-corrected chi connectivity index (χ3v) is 7.94. The summed E-state index contributed by atoms with van der Waals surface area (Å²) in [6, 6.07) is 23.2. The molecule has 3 amide bonds. The highest BCUT2D eigenvalue weighted by Crippen LogP contribution is 2.27. The summed E-state index contributed by atoms with van der Waals surface area (Å²) in [6.45, 7) is 4.83. The van der Waals surface area contributed by atoms with Crippen molar-refractivity contribution in [2.75, 3.05) is 6.61 Å². The van der Waals surface area contributed by atoms with Gasteiger partial charge in [0.2, 0.25) is 17.7 Å². The first-order valence-electron chi connectivity index (χ1n) is 16.0. The van der Waals surface area contributed by atoms with Gasteiger partial charge in [0.1, 0.15) is 0 Å². The van der Waals surface area contributed by atoms with Gasteiger partial charge in [-0.1, -0.05) is 80.6 Å². The third-order valence-electron chi connectivity index (χ3n) is 7.94. The van der Waals surface area contributed by atoms with Gasteiger partial charge in [0.05, 0.1) is 24.8 Å². The molecule has 4 rings (SSSR count). The number of hydrogen-bond donors (Lipinski definition) is 2. The summed E-state index contributed by atoms with van der Waals surface area (Å²) in [7, 11) is 0. The average molecular weight is 615 g/mol. The second-order valence-corrected chi connectivity index (χ2v) is 12.1. The zero-order valence-corrected chi connectivity index (χ0v) is 26.4. The van der Waals surface area contributed by atoms with Gasteiger partial charge in [-0.2, -0.15) is 0 Å². The Morgan fingerprint density at radius 2 is 1.62 bits per heavy atom. The van der Waals surface area contributed by atoms with E-state index in [1.165, 1.54) is 10.6 Å². The molecule has 0 bridgehead atoms. The molecule has 0 radical (unpaired) electrons. The fourth-order valence-corrected chi connectivity index (χ4v) is 5.60. The topological polar surface area (TPSA) is 110 Å². The van der Waals surface area contributed by atoms with Gasteiger partial charge < -0.3 is 4.74 Å². The Morgan fingerprint density at radius 1 is 0.911 bits per heavy atom. The SMILES string of the molecule is CC(C)C[C@@H](C(=O)NN(Cc1ccccc1)C(=O)Cc1cccnc1)[C@H](CCCc1ccccc1)C(=O)NOC1CCCCO1. The van der Waals surface area contributed by atoms with Crippen LogP contribution in [0.2, 0.25) is 0 Å². The van der Waals surface area contributed by atoms with Gasteiger partial charge in [-0.15, -0.1) is 0 Å². The molecule has 1 unspecified atom stereocenters. The number of hydrazine groups is 1. The maximum atomic E-state index is 14.2. The summed E-state index contributed by atoms with van der Waals surface area (Å²) in [5, 5.41) is 1.36. The van der Waals surface area contributed by atoms with Crippen molar-refractivity contribution >= 4 is 17.7 Å². The zero-order chi connectivity index (χ0) is 31.9. The van der Waals surface area contributed by atoms with Crippen LogP contribution in [-0.2, 0) is 43.3 Å². The predicted molar refractivity (Wildman–Crippen MR) is 172 cm³/mol. The van der Waals surface area contributed by atoms with Gasteiger partial charge in [-0.05, 0) is 67.2 Å². The highest BCUT2D eigenvalue weighted by Gasteiger charge is 2.36. The van der Waals surface area contributed by atoms with E-state index in [2.05, 4.69) is 28.0 Å². The number of carbonyl (C=O) groups is 3. The molecule has 0 spiro atoms. The van der Waals surface area contributed by atoms with Crippen LogP contribution in [0.1, 0.15) is 69.1 Å². The molecule has 1 aromatic heterocycles. The Kier molecular flexibility index (Phi) is 13.5. The van der Waals surface area contributed by atoms with Crippen LogP contribution in [-0.4, -0.2) is 40.6 Å². The number of aryl methyl sites for hydroxylation is 1. The van der Waals surface area contributed by atoms with Crippen LogP contribution in [0, 0.1) is 17.8 Å². The normalized spacial score (nSPS) is 16.0. The molecule has 240 valence electrons. The number of ether oxygens (including phenoxy) is 1. The van der Waals surface area contributed by atoms with Gasteiger partial charge >= 0.3 is 0 Å². The lowest BCUT2D eigenvalue weighted by molar-refractivity contribution is -0.203. The average Bonchev–Trinajstić information content (AvgIpc) is 3.06. The summed E-state index contributed by atoms with van der Waals surface area (Å²) >= 11 is 0. The molecule has 2 N–H and O–H groups in total. The Balaban J connectivity index is 1.54. The first-order valence-corrected chi connectivity index (χ1v) is 16.0. The second kappa shape index (κ2) is 18.0. The van der Waals surface area contributed by atoms with Gasteiger partial charge in [0, 0.05) is 25.4 Å². The number of rotatable bonds is 15. The number of amides is 3. The van der Waals surface area contributed by atoms with Crippen LogP contribution >= 0.6 is 0 Å². The number of nitrogens with one attached hydrogen (secondary N) is 2. The highest BCUT2D eigenvalue weighted by atomic mass is 16.8. The number of hydroxylamine groups is 1. The van der Waals surface area contributed by atoms with Crippen molar-refractivity contribution in [2.45, 2.75) is 78.0 Å². The molecule has 1 aliphatic heterocycles. The smallest absolute Gasteiger partial charge is 0.247 e. The Labute approximate surface area is 266 Å². The van der Waals surface area contributed by atoms with E-state index in [1.54, 1.807) is 18.5 Å². The minimum Gasteiger partial charge on any atom is -0.350 e. The summed E-state index contributed by atoms with van der Waals surface area (Å²) in [5.41, 5.74) is 8.33. The largest absolute Gasteiger partial charge is 0.350 e. The maximum Gasteiger partial charge on any atom is 0.247 e. The Bertz CT molecular complexity index is 1320. The molecule has 45 heavy (non-hydrogen) atoms. The minimum absolute atomic E-state index is 0.0754. The van der Waals surface area contributed by atoms with E-state index in [0.717, 1.165) is 30.4 Å². The third kappa shape index (κ3) is 11.4. The number of carbonyl (C=O) groups excluding carboxylic acids is 3. The molecule has 0 aliphatic carbocycles. The first-order chi connectivity index (χ1) is 21.9. The van der Waals surface area contributed by atoms with E-state index in [1.807, 2.05) is 68.4 Å². The number of benzene rings is 2. The van der Waals surface area contributed by atoms with Crippen LogP contribution in [0.3, 0.4) is 0 Å². The molecular formula is C36H46N4O5. The first kappa shape index (κ1) is 33.8. The maximum absolute atomic E-state index is 14.2. The van der Waals surface area contributed by atoms with Crippen molar-refractivity contribution in [1.29, 1.82) is 0 Å². The zero-order valence-electron chi connectivity index (χ0n) is 26.4. The molecule has 1 aliphatic rings. The number of nitrogens with zero attached hydrogens (tertiary/aromatic N) is 2. The molecule has 1 saturated heterocycles. The highest BCUT2D eigenvalue weighted by molar-refractivity contribution is 5.89. The van der Waals surface area contributed by atoms with Crippen LogP contribution in [0.5, 0.6) is 0 Å². The van der Waals surface area contributed by atoms with E-state index < -0.39 is 18.1 Å². The van der Waals surface area contributed by atoms with Crippen molar-refractivity contribution in [3.05, 3.63) is 102 Å². The summed E-state index contributed by atoms with van der Waals surface area (Å²) in [6.07, 6.45) is 7.91. The van der Waals surface area contributed by atoms with Gasteiger partial charge in [0.15, 0.2) is 6.29 Å². The molecule has 0 saturated carbocycles. The number of hydrogen-bond acceptors (Lipinski definition) is 6. The number of aromatic nitrogens is 1. The fraction of sp³-hybridized carbons (Fsp3) is 0.444. The van der Waals surface area contributed by atoms with Crippen molar-refractivity contribution in [1.82, 2.24) is 20.9 Å². The van der Waals surface area contributed by atoms with E-state index in [9.17, 15) is 14.4 Å². The standard InChI is InChI=1S/C36H46N4O5/c1-27(2)23-32(31(19-11-17-28-13-5-3-6-14-28)36(43)39-45-34-20-9-10-22-44-34)35(42)38-40(26-29-15-7-4-8-16-29)33(41)24-30-18-12-21-37-25-30/h3-8,12-16,18,21,25,27,31-32,34H,9-11,17,19-20,22-24,26H2,1-2H3,(H,38,42)(H,39,43)/t31-,32+,34?/m0/s1. The van der Waals surface area contributed by atoms with Crippen LogP contribution < -0.4 is 10.9 Å². The molecule has 2 aromatic carbocycles. The lowest BCUT2D eigenvalue weighted by Crippen LogP contribution is -2.51. The molecule has 3 aromatic rings. The van der Waals surface area contributed by atoms with Crippen molar-refractivity contribution in [3.63, 3.8) is 0 Å². The molecular weight excluding hydrogens is 568 g/mol. The molecule has 2 heterocycles. The lowest BCUT2D eigenvalue weighted by atomic mass is 9.81. The van der Waals surface area contributed by atoms with Crippen LogP contribution in [0.15, 0.2) is 85.2 Å². The van der Waals surface area contributed by atoms with E-state index in [4.69, 9.17) is 9.57 Å². The van der Waals surface area contributed by atoms with Crippen LogP contribution in [0.25, 0.3) is 0 Å². The summed E-state index contributed by atoms with van der Waals surface area (Å²) in [4.78, 5) is 51.3. The van der Waals surface area contributed by atoms with E-state index in [0.29, 0.717) is 32.3 Å². The van der Waals surface area contributed by atoms with E-state index >= 15 is 0 Å². The van der Waals surface area contributed by atoms with Gasteiger partial charge in [0.25, 0.3) is 0 Å². The summed E-state index contributed by atoms with van der Waals surface area (Å²) < 4.78 is 5.64. The van der Waals surface area contributed by atoms with Crippen LogP contribution in [0.4, 0.5) is 0 Å². The van der Waals surface area contributed by atoms with Crippen molar-refractivity contribution in [2.24, 2.45) is 17.8 Å². The van der Waals surface area contributed by atoms with Gasteiger partial charge in [-0.25, -0.2) is 15.3 Å². The monoisotopic (exact) mass is 614 g/mol. The minimum atomic E-state index is -0.693. The fourth-order valence-electron chi connectivity index (χ4n) is 5.60. The van der Waals surface area contributed by atoms with Crippen molar-refractivity contribution in [3.8, 4) is 0 Å². The van der Waals surface area contributed by atoms with Gasteiger partial charge in [-0.3, -0.25) is 24.8 Å². The Hall–Kier alpha value is -4.08. The van der Waals surface area contributed by atoms with Crippen molar-refractivity contribution < 1.29 is 24.0 Å². The number of pyridine rings is 1. The second-order valence-electron chi connectivity index (χ2n) is 12.1. The molecule has 3 atom stereocenters. The van der Waals surface area contributed by atoms with E-state index in [-0.39, 0.29) is 36.6 Å².